The minimum absolute atomic E-state index is 0.0206. The predicted molar refractivity (Wildman–Crippen MR) is 83.3 cm³/mol. The van der Waals surface area contributed by atoms with Gasteiger partial charge in [0, 0.05) is 17.5 Å². The van der Waals surface area contributed by atoms with E-state index in [1.807, 2.05) is 19.1 Å². The molecule has 0 unspecified atom stereocenters. The van der Waals surface area contributed by atoms with Crippen LogP contribution in [0.4, 0.5) is 0 Å². The van der Waals surface area contributed by atoms with Crippen molar-refractivity contribution in [1.82, 2.24) is 9.78 Å². The Morgan fingerprint density at radius 2 is 2.00 bits per heavy atom. The summed E-state index contributed by atoms with van der Waals surface area (Å²) in [5.74, 6) is -0.730. The Labute approximate surface area is 130 Å². The molecule has 7 nitrogen and oxygen atoms in total. The maximum atomic E-state index is 11.9. The first-order valence-electron chi connectivity index (χ1n) is 6.85. The van der Waals surface area contributed by atoms with Crippen LogP contribution in [-0.2, 0) is 6.54 Å². The van der Waals surface area contributed by atoms with Gasteiger partial charge in [0.05, 0.1) is 6.54 Å². The number of hydrogen-bond acceptors (Lipinski definition) is 5. The van der Waals surface area contributed by atoms with E-state index in [2.05, 4.69) is 5.10 Å². The largest absolute Gasteiger partial charge is 0.423 e. The van der Waals surface area contributed by atoms with E-state index in [4.69, 9.17) is 10.2 Å². The molecule has 0 aliphatic rings. The van der Waals surface area contributed by atoms with Crippen molar-refractivity contribution < 1.29 is 9.21 Å². The molecule has 0 atom stereocenters. The summed E-state index contributed by atoms with van der Waals surface area (Å²) in [7, 11) is 0. The highest BCUT2D eigenvalue weighted by Crippen LogP contribution is 2.18. The molecule has 0 aliphatic heterocycles. The number of benzene rings is 1. The van der Waals surface area contributed by atoms with Gasteiger partial charge in [0.2, 0.25) is 0 Å². The maximum Gasteiger partial charge on any atom is 0.336 e. The van der Waals surface area contributed by atoms with Crippen molar-refractivity contribution in [3.63, 3.8) is 0 Å². The Morgan fingerprint density at radius 3 is 2.74 bits per heavy atom. The molecule has 116 valence electrons. The number of fused-ring (bicyclic) bond motifs is 1. The molecule has 2 aromatic heterocycles. The van der Waals surface area contributed by atoms with Crippen molar-refractivity contribution in [2.24, 2.45) is 5.73 Å². The number of amides is 1. The fourth-order valence-electron chi connectivity index (χ4n) is 2.32. The SMILES string of the molecule is Cc1ccc2c(Cn3nc(C(N)=O)ccc3=O)cc(=O)oc2c1. The Kier molecular flexibility index (Phi) is 3.53. The fourth-order valence-corrected chi connectivity index (χ4v) is 2.32. The van der Waals surface area contributed by atoms with Gasteiger partial charge in [-0.25, -0.2) is 9.48 Å². The summed E-state index contributed by atoms with van der Waals surface area (Å²) in [5.41, 5.74) is 6.20. The van der Waals surface area contributed by atoms with Crippen molar-refractivity contribution in [3.8, 4) is 0 Å². The molecule has 3 rings (SSSR count). The van der Waals surface area contributed by atoms with E-state index in [0.717, 1.165) is 10.2 Å². The normalized spacial score (nSPS) is 10.8. The predicted octanol–water partition coefficient (Wildman–Crippen LogP) is 0.805. The first-order valence-corrected chi connectivity index (χ1v) is 6.85. The Hall–Kier alpha value is -3.22. The third-order valence-electron chi connectivity index (χ3n) is 3.42. The smallest absolute Gasteiger partial charge is 0.336 e. The molecule has 3 aromatic rings. The Bertz CT molecular complexity index is 1030. The van der Waals surface area contributed by atoms with Gasteiger partial charge in [-0.3, -0.25) is 9.59 Å². The van der Waals surface area contributed by atoms with E-state index in [1.54, 1.807) is 6.07 Å². The van der Waals surface area contributed by atoms with Crippen LogP contribution in [0, 0.1) is 6.92 Å². The van der Waals surface area contributed by atoms with Crippen LogP contribution >= 0.6 is 0 Å². The van der Waals surface area contributed by atoms with Crippen LogP contribution in [0.3, 0.4) is 0 Å². The van der Waals surface area contributed by atoms with Gasteiger partial charge in [0.15, 0.2) is 0 Å². The molecule has 0 fully saturated rings. The summed E-state index contributed by atoms with van der Waals surface area (Å²) in [5, 5.41) is 4.62. The van der Waals surface area contributed by atoms with Gasteiger partial charge in [-0.1, -0.05) is 12.1 Å². The van der Waals surface area contributed by atoms with Gasteiger partial charge >= 0.3 is 5.63 Å². The van der Waals surface area contributed by atoms with Gasteiger partial charge in [-0.15, -0.1) is 0 Å². The number of aryl methyl sites for hydroxylation is 1. The summed E-state index contributed by atoms with van der Waals surface area (Å²) in [6.45, 7) is 1.92. The Morgan fingerprint density at radius 1 is 1.22 bits per heavy atom. The number of hydrogen-bond donors (Lipinski definition) is 1. The second-order valence-electron chi connectivity index (χ2n) is 5.17. The lowest BCUT2D eigenvalue weighted by molar-refractivity contribution is 0.0993. The van der Waals surface area contributed by atoms with E-state index in [-0.39, 0.29) is 12.2 Å². The number of nitrogens with zero attached hydrogens (tertiary/aromatic N) is 2. The molecule has 0 bridgehead atoms. The lowest BCUT2D eigenvalue weighted by Gasteiger charge is -2.08. The monoisotopic (exact) mass is 311 g/mol. The first-order chi connectivity index (χ1) is 10.9. The summed E-state index contributed by atoms with van der Waals surface area (Å²) in [4.78, 5) is 34.8. The van der Waals surface area contributed by atoms with E-state index in [1.165, 1.54) is 18.2 Å². The van der Waals surface area contributed by atoms with Crippen molar-refractivity contribution in [2.75, 3.05) is 0 Å². The molecule has 0 radical (unpaired) electrons. The first kappa shape index (κ1) is 14.7. The summed E-state index contributed by atoms with van der Waals surface area (Å²) < 4.78 is 6.27. The van der Waals surface area contributed by atoms with Gasteiger partial charge in [-0.05, 0) is 30.2 Å². The maximum absolute atomic E-state index is 11.9. The minimum Gasteiger partial charge on any atom is -0.423 e. The second kappa shape index (κ2) is 5.53. The summed E-state index contributed by atoms with van der Waals surface area (Å²) >= 11 is 0. The number of carbonyl (C=O) groups is 1. The van der Waals surface area contributed by atoms with Crippen LogP contribution in [0.5, 0.6) is 0 Å². The number of nitrogens with two attached hydrogens (primary N) is 1. The molecule has 0 saturated carbocycles. The van der Waals surface area contributed by atoms with E-state index in [9.17, 15) is 14.4 Å². The highest BCUT2D eigenvalue weighted by atomic mass is 16.4. The summed E-state index contributed by atoms with van der Waals surface area (Å²) in [6.07, 6.45) is 0. The summed E-state index contributed by atoms with van der Waals surface area (Å²) in [6, 6.07) is 9.22. The highest BCUT2D eigenvalue weighted by Gasteiger charge is 2.10. The van der Waals surface area contributed by atoms with Crippen LogP contribution < -0.4 is 16.9 Å². The van der Waals surface area contributed by atoms with Crippen LogP contribution in [-0.4, -0.2) is 15.7 Å². The zero-order chi connectivity index (χ0) is 16.6. The minimum atomic E-state index is -0.730. The topological polar surface area (TPSA) is 108 Å². The third-order valence-corrected chi connectivity index (χ3v) is 3.42. The second-order valence-corrected chi connectivity index (χ2v) is 5.17. The van der Waals surface area contributed by atoms with Crippen LogP contribution in [0.1, 0.15) is 21.6 Å². The molecular formula is C16H13N3O4. The molecule has 2 heterocycles. The molecular weight excluding hydrogens is 298 g/mol. The van der Waals surface area contributed by atoms with E-state index in [0.29, 0.717) is 16.5 Å². The zero-order valence-electron chi connectivity index (χ0n) is 12.3. The molecule has 23 heavy (non-hydrogen) atoms. The van der Waals surface area contributed by atoms with Gasteiger partial charge < -0.3 is 10.2 Å². The number of primary amides is 1. The van der Waals surface area contributed by atoms with Crippen molar-refractivity contribution in [1.29, 1.82) is 0 Å². The molecule has 1 aromatic carbocycles. The number of aromatic nitrogens is 2. The molecule has 0 spiro atoms. The van der Waals surface area contributed by atoms with E-state index < -0.39 is 17.1 Å². The standard InChI is InChI=1S/C16H13N3O4/c1-9-2-3-11-10(7-15(21)23-13(11)6-9)8-19-14(20)5-4-12(18-19)16(17)22/h2-7H,8H2,1H3,(H2,17,22). The highest BCUT2D eigenvalue weighted by molar-refractivity contribution is 5.90. The molecule has 0 aliphatic carbocycles. The van der Waals surface area contributed by atoms with Crippen molar-refractivity contribution in [3.05, 3.63) is 74.0 Å². The Balaban J connectivity index is 2.15. The van der Waals surface area contributed by atoms with Crippen molar-refractivity contribution >= 4 is 16.9 Å². The average molecular weight is 311 g/mol. The zero-order valence-corrected chi connectivity index (χ0v) is 12.3. The van der Waals surface area contributed by atoms with E-state index >= 15 is 0 Å². The lowest BCUT2D eigenvalue weighted by Crippen LogP contribution is -2.27. The van der Waals surface area contributed by atoms with Gasteiger partial charge in [0.25, 0.3) is 11.5 Å². The molecule has 7 heteroatoms. The quantitative estimate of drug-likeness (QED) is 0.720. The van der Waals surface area contributed by atoms with Gasteiger partial charge in [0.1, 0.15) is 11.3 Å². The lowest BCUT2D eigenvalue weighted by atomic mass is 10.1. The number of carbonyl (C=O) groups excluding carboxylic acids is 1. The number of rotatable bonds is 3. The average Bonchev–Trinajstić information content (AvgIpc) is 2.48. The van der Waals surface area contributed by atoms with Crippen LogP contribution in [0.25, 0.3) is 11.0 Å². The molecule has 2 N–H and O–H groups in total. The molecule has 1 amide bonds. The fraction of sp³-hybridized carbons (Fsp3) is 0.125. The van der Waals surface area contributed by atoms with Crippen LogP contribution in [0.2, 0.25) is 0 Å². The van der Waals surface area contributed by atoms with Crippen molar-refractivity contribution in [2.45, 2.75) is 13.5 Å². The van der Waals surface area contributed by atoms with Gasteiger partial charge in [-0.2, -0.15) is 5.10 Å². The van der Waals surface area contributed by atoms with Crippen LogP contribution in [0.15, 0.2) is 50.4 Å². The third kappa shape index (κ3) is 2.89. The molecule has 0 saturated heterocycles.